The van der Waals surface area contributed by atoms with E-state index in [-0.39, 0.29) is 0 Å². The maximum Gasteiger partial charge on any atom is 0.00663 e. The van der Waals surface area contributed by atoms with Gasteiger partial charge in [0.1, 0.15) is 0 Å². The van der Waals surface area contributed by atoms with Crippen LogP contribution in [0.1, 0.15) is 27.8 Å². The number of rotatable bonds is 6. The fourth-order valence-corrected chi connectivity index (χ4v) is 3.78. The number of thiophene rings is 1. The number of hydrogen-bond donors (Lipinski definition) is 0. The second-order valence-corrected chi connectivity index (χ2v) is 7.04. The van der Waals surface area contributed by atoms with Crippen molar-refractivity contribution in [1.29, 1.82) is 0 Å². The van der Waals surface area contributed by atoms with Crippen LogP contribution in [-0.4, -0.2) is 5.33 Å². The maximum absolute atomic E-state index is 3.67. The van der Waals surface area contributed by atoms with Gasteiger partial charge >= 0.3 is 0 Å². The molecule has 0 N–H and O–H groups in total. The van der Waals surface area contributed by atoms with Gasteiger partial charge in [0.15, 0.2) is 0 Å². The minimum absolute atomic E-state index is 0.686. The SMILES string of the molecule is CCc1ccc(CC(CBr)Cc2ccc(C)cc2)s1. The van der Waals surface area contributed by atoms with Gasteiger partial charge in [-0.3, -0.25) is 0 Å². The monoisotopic (exact) mass is 336 g/mol. The topological polar surface area (TPSA) is 0 Å². The van der Waals surface area contributed by atoms with Gasteiger partial charge in [-0.15, -0.1) is 11.3 Å². The highest BCUT2D eigenvalue weighted by Gasteiger charge is 2.11. The zero-order valence-corrected chi connectivity index (χ0v) is 14.1. The Morgan fingerprint density at radius 1 is 1.00 bits per heavy atom. The van der Waals surface area contributed by atoms with E-state index < -0.39 is 0 Å². The molecule has 0 fully saturated rings. The zero-order chi connectivity index (χ0) is 13.7. The van der Waals surface area contributed by atoms with Gasteiger partial charge in [0.25, 0.3) is 0 Å². The highest BCUT2D eigenvalue weighted by Crippen LogP contribution is 2.23. The molecular formula is C17H21BrS. The molecule has 0 saturated carbocycles. The van der Waals surface area contributed by atoms with Crippen LogP contribution in [0.3, 0.4) is 0 Å². The molecule has 0 bridgehead atoms. The summed E-state index contributed by atoms with van der Waals surface area (Å²) in [5.41, 5.74) is 2.78. The Labute approximate surface area is 129 Å². The Morgan fingerprint density at radius 2 is 1.68 bits per heavy atom. The molecule has 0 amide bonds. The lowest BCUT2D eigenvalue weighted by Gasteiger charge is -2.13. The Morgan fingerprint density at radius 3 is 2.26 bits per heavy atom. The first-order valence-electron chi connectivity index (χ1n) is 6.90. The summed E-state index contributed by atoms with van der Waals surface area (Å²) in [6.07, 6.45) is 3.50. The summed E-state index contributed by atoms with van der Waals surface area (Å²) in [4.78, 5) is 3.02. The summed E-state index contributed by atoms with van der Waals surface area (Å²) in [5, 5.41) is 1.07. The minimum atomic E-state index is 0.686. The van der Waals surface area contributed by atoms with Crippen molar-refractivity contribution < 1.29 is 0 Å². The predicted molar refractivity (Wildman–Crippen MR) is 89.6 cm³/mol. The van der Waals surface area contributed by atoms with Gasteiger partial charge in [0.2, 0.25) is 0 Å². The average molecular weight is 337 g/mol. The van der Waals surface area contributed by atoms with E-state index >= 15 is 0 Å². The van der Waals surface area contributed by atoms with Crippen LogP contribution in [0.15, 0.2) is 36.4 Å². The summed E-state index contributed by atoms with van der Waals surface area (Å²) in [5.74, 6) is 0.686. The fraction of sp³-hybridized carbons (Fsp3) is 0.412. The molecule has 102 valence electrons. The van der Waals surface area contributed by atoms with Gasteiger partial charge in [-0.2, -0.15) is 0 Å². The van der Waals surface area contributed by atoms with Crippen molar-refractivity contribution in [3.63, 3.8) is 0 Å². The third-order valence-electron chi connectivity index (χ3n) is 3.42. The normalized spacial score (nSPS) is 12.6. The summed E-state index contributed by atoms with van der Waals surface area (Å²) < 4.78 is 0. The molecule has 2 aromatic rings. The maximum atomic E-state index is 3.67. The second kappa shape index (κ2) is 7.25. The molecule has 0 radical (unpaired) electrons. The molecule has 1 atom stereocenters. The number of benzene rings is 1. The molecule has 0 spiro atoms. The van der Waals surface area contributed by atoms with Crippen molar-refractivity contribution in [2.45, 2.75) is 33.1 Å². The van der Waals surface area contributed by atoms with Crippen LogP contribution in [0.4, 0.5) is 0 Å². The van der Waals surface area contributed by atoms with E-state index in [1.807, 2.05) is 11.3 Å². The highest BCUT2D eigenvalue weighted by atomic mass is 79.9. The average Bonchev–Trinajstić information content (AvgIpc) is 2.88. The lowest BCUT2D eigenvalue weighted by Crippen LogP contribution is -2.09. The van der Waals surface area contributed by atoms with Gasteiger partial charge in [0.05, 0.1) is 0 Å². The smallest absolute Gasteiger partial charge is 0.00663 e. The first-order chi connectivity index (χ1) is 9.21. The molecule has 0 aliphatic heterocycles. The first-order valence-corrected chi connectivity index (χ1v) is 8.84. The van der Waals surface area contributed by atoms with E-state index in [1.165, 1.54) is 27.3 Å². The van der Waals surface area contributed by atoms with Crippen molar-refractivity contribution in [3.05, 3.63) is 57.3 Å². The number of hydrogen-bond acceptors (Lipinski definition) is 1. The van der Waals surface area contributed by atoms with E-state index in [0.29, 0.717) is 5.92 Å². The Kier molecular flexibility index (Phi) is 5.65. The van der Waals surface area contributed by atoms with Gasteiger partial charge in [0, 0.05) is 15.1 Å². The van der Waals surface area contributed by atoms with Crippen molar-refractivity contribution in [2.75, 3.05) is 5.33 Å². The van der Waals surface area contributed by atoms with Gasteiger partial charge in [-0.1, -0.05) is 52.7 Å². The highest BCUT2D eigenvalue weighted by molar-refractivity contribution is 9.09. The van der Waals surface area contributed by atoms with Gasteiger partial charge < -0.3 is 0 Å². The van der Waals surface area contributed by atoms with Crippen LogP contribution in [0.2, 0.25) is 0 Å². The largest absolute Gasteiger partial charge is 0.145 e. The van der Waals surface area contributed by atoms with E-state index in [9.17, 15) is 0 Å². The molecule has 0 nitrogen and oxygen atoms in total. The molecule has 0 saturated heterocycles. The van der Waals surface area contributed by atoms with Crippen LogP contribution >= 0.6 is 27.3 Å². The lowest BCUT2D eigenvalue weighted by atomic mass is 9.97. The van der Waals surface area contributed by atoms with Crippen LogP contribution in [0.25, 0.3) is 0 Å². The molecule has 2 rings (SSSR count). The van der Waals surface area contributed by atoms with Gasteiger partial charge in [-0.25, -0.2) is 0 Å². The lowest BCUT2D eigenvalue weighted by molar-refractivity contribution is 0.596. The third-order valence-corrected chi connectivity index (χ3v) is 5.59. The fourth-order valence-electron chi connectivity index (χ4n) is 2.25. The van der Waals surface area contributed by atoms with E-state index in [0.717, 1.165) is 18.2 Å². The summed E-state index contributed by atoms with van der Waals surface area (Å²) in [7, 11) is 0. The number of alkyl halides is 1. The molecule has 1 aromatic carbocycles. The van der Waals surface area contributed by atoms with E-state index in [4.69, 9.17) is 0 Å². The Hall–Kier alpha value is -0.600. The summed E-state index contributed by atoms with van der Waals surface area (Å²) in [6, 6.07) is 13.5. The van der Waals surface area contributed by atoms with Crippen LogP contribution in [0, 0.1) is 12.8 Å². The van der Waals surface area contributed by atoms with E-state index in [1.54, 1.807) is 0 Å². The molecule has 0 aliphatic rings. The Balaban J connectivity index is 1.98. The minimum Gasteiger partial charge on any atom is -0.145 e. The third kappa shape index (κ3) is 4.47. The molecule has 2 heteroatoms. The van der Waals surface area contributed by atoms with E-state index in [2.05, 4.69) is 66.2 Å². The summed E-state index contributed by atoms with van der Waals surface area (Å²) >= 11 is 5.64. The van der Waals surface area contributed by atoms with Crippen LogP contribution < -0.4 is 0 Å². The van der Waals surface area contributed by atoms with Crippen LogP contribution in [0.5, 0.6) is 0 Å². The standard InChI is InChI=1S/C17H21BrS/c1-3-16-8-9-17(19-16)11-15(12-18)10-14-6-4-13(2)5-7-14/h4-9,15H,3,10-12H2,1-2H3. The van der Waals surface area contributed by atoms with Crippen LogP contribution in [-0.2, 0) is 19.3 Å². The molecule has 1 aromatic heterocycles. The summed E-state index contributed by atoms with van der Waals surface area (Å²) in [6.45, 7) is 4.37. The predicted octanol–water partition coefficient (Wildman–Crippen LogP) is 5.42. The first kappa shape index (κ1) is 14.8. The number of aryl methyl sites for hydroxylation is 2. The van der Waals surface area contributed by atoms with Crippen molar-refractivity contribution in [3.8, 4) is 0 Å². The molecule has 1 unspecified atom stereocenters. The number of halogens is 1. The Bertz CT molecular complexity index is 498. The molecular weight excluding hydrogens is 316 g/mol. The molecule has 1 heterocycles. The van der Waals surface area contributed by atoms with Crippen molar-refractivity contribution >= 4 is 27.3 Å². The second-order valence-electron chi connectivity index (χ2n) is 5.14. The molecule has 19 heavy (non-hydrogen) atoms. The van der Waals surface area contributed by atoms with Crippen molar-refractivity contribution in [2.24, 2.45) is 5.92 Å². The molecule has 0 aliphatic carbocycles. The zero-order valence-electron chi connectivity index (χ0n) is 11.7. The van der Waals surface area contributed by atoms with Crippen molar-refractivity contribution in [1.82, 2.24) is 0 Å². The van der Waals surface area contributed by atoms with Gasteiger partial charge in [-0.05, 0) is 49.8 Å². The quantitative estimate of drug-likeness (QED) is 0.618.